The second kappa shape index (κ2) is 5.79. The van der Waals surface area contributed by atoms with E-state index < -0.39 is 11.4 Å². The third-order valence-electron chi connectivity index (χ3n) is 4.17. The number of amides is 1. The molecule has 20 heavy (non-hydrogen) atoms. The second-order valence-electron chi connectivity index (χ2n) is 5.81. The van der Waals surface area contributed by atoms with E-state index in [1.807, 2.05) is 0 Å². The van der Waals surface area contributed by atoms with E-state index in [0.29, 0.717) is 5.92 Å². The molecule has 0 bridgehead atoms. The number of anilines is 1. The number of carbonyl (C=O) groups is 1. The summed E-state index contributed by atoms with van der Waals surface area (Å²) < 4.78 is 13.0. The Morgan fingerprint density at radius 2 is 2.15 bits per heavy atom. The van der Waals surface area contributed by atoms with Crippen LogP contribution in [0.15, 0.2) is 18.2 Å². The molecule has 4 N–H and O–H groups in total. The molecule has 0 aliphatic heterocycles. The summed E-state index contributed by atoms with van der Waals surface area (Å²) in [6.45, 7) is 2.08. The van der Waals surface area contributed by atoms with Crippen molar-refractivity contribution >= 4 is 11.6 Å². The van der Waals surface area contributed by atoms with Crippen molar-refractivity contribution in [3.63, 3.8) is 0 Å². The molecule has 1 aliphatic carbocycles. The topological polar surface area (TPSA) is 75.3 Å². The first kappa shape index (κ1) is 14.8. The number of nitrogen functional groups attached to an aromatic ring is 1. The van der Waals surface area contributed by atoms with Gasteiger partial charge in [-0.2, -0.15) is 0 Å². The molecule has 0 saturated heterocycles. The van der Waals surface area contributed by atoms with Crippen LogP contribution in [0.1, 0.15) is 43.0 Å². The van der Waals surface area contributed by atoms with Crippen molar-refractivity contribution in [2.24, 2.45) is 5.92 Å². The lowest BCUT2D eigenvalue weighted by atomic mass is 9.77. The molecule has 1 amide bonds. The van der Waals surface area contributed by atoms with Gasteiger partial charge in [-0.15, -0.1) is 0 Å². The number of rotatable bonds is 3. The Kier molecular flexibility index (Phi) is 4.28. The van der Waals surface area contributed by atoms with Gasteiger partial charge in [-0.25, -0.2) is 4.39 Å². The number of aliphatic hydroxyl groups is 1. The fourth-order valence-corrected chi connectivity index (χ4v) is 2.69. The summed E-state index contributed by atoms with van der Waals surface area (Å²) in [5, 5.41) is 12.5. The lowest BCUT2D eigenvalue weighted by Gasteiger charge is -2.38. The van der Waals surface area contributed by atoms with E-state index in [4.69, 9.17) is 5.73 Å². The molecule has 4 nitrogen and oxygen atoms in total. The number of nitrogens with one attached hydrogen (secondary N) is 1. The molecule has 1 aliphatic rings. The van der Waals surface area contributed by atoms with Crippen LogP contribution < -0.4 is 11.1 Å². The van der Waals surface area contributed by atoms with Crippen LogP contribution >= 0.6 is 0 Å². The fraction of sp³-hybridized carbons (Fsp3) is 0.533. The van der Waals surface area contributed by atoms with Crippen molar-refractivity contribution in [3.8, 4) is 0 Å². The Bertz CT molecular complexity index is 497. The maximum atomic E-state index is 13.0. The first-order valence-corrected chi connectivity index (χ1v) is 6.94. The summed E-state index contributed by atoms with van der Waals surface area (Å²) in [7, 11) is 0. The van der Waals surface area contributed by atoms with Gasteiger partial charge in [0.05, 0.1) is 17.7 Å². The van der Waals surface area contributed by atoms with Gasteiger partial charge in [0.1, 0.15) is 5.82 Å². The predicted molar refractivity (Wildman–Crippen MR) is 75.7 cm³/mol. The summed E-state index contributed by atoms with van der Waals surface area (Å²) >= 11 is 0. The Morgan fingerprint density at radius 1 is 1.50 bits per heavy atom. The van der Waals surface area contributed by atoms with E-state index in [2.05, 4.69) is 12.2 Å². The van der Waals surface area contributed by atoms with Gasteiger partial charge in [-0.1, -0.05) is 6.92 Å². The average Bonchev–Trinajstić information content (AvgIpc) is 2.41. The summed E-state index contributed by atoms with van der Waals surface area (Å²) in [6.07, 6.45) is 3.44. The Labute approximate surface area is 118 Å². The van der Waals surface area contributed by atoms with E-state index in [1.54, 1.807) is 0 Å². The van der Waals surface area contributed by atoms with Crippen LogP contribution in [0.2, 0.25) is 0 Å². The second-order valence-corrected chi connectivity index (χ2v) is 5.81. The number of benzene rings is 1. The molecule has 2 rings (SSSR count). The minimum Gasteiger partial charge on any atom is -0.398 e. The van der Waals surface area contributed by atoms with Crippen LogP contribution in [0.3, 0.4) is 0 Å². The molecule has 1 fully saturated rings. The Balaban J connectivity index is 2.13. The van der Waals surface area contributed by atoms with Gasteiger partial charge < -0.3 is 16.2 Å². The minimum absolute atomic E-state index is 0.0907. The van der Waals surface area contributed by atoms with Crippen LogP contribution in [0.25, 0.3) is 0 Å². The SMILES string of the molecule is CC1CCC(CO)(NC(=O)c2ccc(F)cc2N)CC1. The molecule has 1 aromatic carbocycles. The van der Waals surface area contributed by atoms with Gasteiger partial charge >= 0.3 is 0 Å². The van der Waals surface area contributed by atoms with Gasteiger partial charge in [0, 0.05) is 5.69 Å². The first-order valence-electron chi connectivity index (χ1n) is 6.94. The van der Waals surface area contributed by atoms with E-state index in [0.717, 1.165) is 31.7 Å². The van der Waals surface area contributed by atoms with Crippen molar-refractivity contribution in [1.29, 1.82) is 0 Å². The first-order chi connectivity index (χ1) is 9.46. The Morgan fingerprint density at radius 3 is 2.70 bits per heavy atom. The van der Waals surface area contributed by atoms with Crippen LogP contribution in [0.4, 0.5) is 10.1 Å². The van der Waals surface area contributed by atoms with Crippen molar-refractivity contribution in [3.05, 3.63) is 29.6 Å². The molecule has 0 radical (unpaired) electrons. The van der Waals surface area contributed by atoms with Crippen LogP contribution in [0, 0.1) is 11.7 Å². The normalized spacial score (nSPS) is 26.2. The molecule has 0 atom stereocenters. The lowest BCUT2D eigenvalue weighted by Crippen LogP contribution is -2.53. The zero-order chi connectivity index (χ0) is 14.8. The molecular weight excluding hydrogens is 259 g/mol. The third kappa shape index (κ3) is 3.10. The highest BCUT2D eigenvalue weighted by Gasteiger charge is 2.35. The van der Waals surface area contributed by atoms with Crippen LogP contribution in [-0.4, -0.2) is 23.2 Å². The molecule has 1 saturated carbocycles. The highest BCUT2D eigenvalue weighted by Crippen LogP contribution is 2.32. The predicted octanol–water partition coefficient (Wildman–Crippen LogP) is 2.08. The van der Waals surface area contributed by atoms with Crippen molar-refractivity contribution in [1.82, 2.24) is 5.32 Å². The molecule has 110 valence electrons. The quantitative estimate of drug-likeness (QED) is 0.742. The van der Waals surface area contributed by atoms with Crippen molar-refractivity contribution in [2.45, 2.75) is 38.1 Å². The highest BCUT2D eigenvalue weighted by atomic mass is 19.1. The molecular formula is C15H21FN2O2. The molecule has 1 aromatic rings. The van der Waals surface area contributed by atoms with Gasteiger partial charge in [-0.3, -0.25) is 4.79 Å². The van der Waals surface area contributed by atoms with Gasteiger partial charge in [0.25, 0.3) is 5.91 Å². The summed E-state index contributed by atoms with van der Waals surface area (Å²) in [6, 6.07) is 3.71. The van der Waals surface area contributed by atoms with E-state index in [-0.39, 0.29) is 23.8 Å². The van der Waals surface area contributed by atoms with Crippen LogP contribution in [0.5, 0.6) is 0 Å². The maximum absolute atomic E-state index is 13.0. The molecule has 0 heterocycles. The number of carbonyl (C=O) groups excluding carboxylic acids is 1. The number of nitrogens with two attached hydrogens (primary N) is 1. The average molecular weight is 280 g/mol. The monoisotopic (exact) mass is 280 g/mol. The zero-order valence-electron chi connectivity index (χ0n) is 11.7. The summed E-state index contributed by atoms with van der Waals surface area (Å²) in [5.74, 6) is -0.212. The van der Waals surface area contributed by atoms with E-state index >= 15 is 0 Å². The van der Waals surface area contributed by atoms with Crippen LogP contribution in [-0.2, 0) is 0 Å². The largest absolute Gasteiger partial charge is 0.398 e. The van der Waals surface area contributed by atoms with Gasteiger partial charge in [-0.05, 0) is 49.8 Å². The number of hydrogen-bond donors (Lipinski definition) is 3. The van der Waals surface area contributed by atoms with Gasteiger partial charge in [0.2, 0.25) is 0 Å². The Hall–Kier alpha value is -1.62. The van der Waals surface area contributed by atoms with Crippen molar-refractivity contribution < 1.29 is 14.3 Å². The number of aliphatic hydroxyl groups excluding tert-OH is 1. The maximum Gasteiger partial charge on any atom is 0.253 e. The smallest absolute Gasteiger partial charge is 0.253 e. The molecule has 0 spiro atoms. The number of hydrogen-bond acceptors (Lipinski definition) is 3. The van der Waals surface area contributed by atoms with Gasteiger partial charge in [0.15, 0.2) is 0 Å². The standard InChI is InChI=1S/C15H21FN2O2/c1-10-4-6-15(9-19,7-5-10)18-14(20)12-3-2-11(16)8-13(12)17/h2-3,8,10,19H,4-7,9,17H2,1H3,(H,18,20). The third-order valence-corrected chi connectivity index (χ3v) is 4.17. The fourth-order valence-electron chi connectivity index (χ4n) is 2.69. The summed E-state index contributed by atoms with van der Waals surface area (Å²) in [5.41, 5.74) is 5.45. The molecule has 0 unspecified atom stereocenters. The zero-order valence-corrected chi connectivity index (χ0v) is 11.7. The van der Waals surface area contributed by atoms with E-state index in [9.17, 15) is 14.3 Å². The minimum atomic E-state index is -0.579. The molecule has 0 aromatic heterocycles. The number of halogens is 1. The molecule has 5 heteroatoms. The van der Waals surface area contributed by atoms with E-state index in [1.165, 1.54) is 12.1 Å². The van der Waals surface area contributed by atoms with Crippen molar-refractivity contribution in [2.75, 3.05) is 12.3 Å². The lowest BCUT2D eigenvalue weighted by molar-refractivity contribution is 0.0718. The highest BCUT2D eigenvalue weighted by molar-refractivity contribution is 5.99. The summed E-state index contributed by atoms with van der Waals surface area (Å²) in [4.78, 5) is 12.3.